The number of hydrogen-bond acceptors (Lipinski definition) is 14. The van der Waals surface area contributed by atoms with Crippen molar-refractivity contribution in [3.63, 3.8) is 0 Å². The van der Waals surface area contributed by atoms with Gasteiger partial charge in [0.1, 0.15) is 12.2 Å². The van der Waals surface area contributed by atoms with Crippen LogP contribution in [0.5, 0.6) is 0 Å². The van der Waals surface area contributed by atoms with Gasteiger partial charge in [0.2, 0.25) is 5.76 Å². The fraction of sp³-hybridized carbons (Fsp3) is 0.721. The highest BCUT2D eigenvalue weighted by molar-refractivity contribution is 5.86. The predicted octanol–water partition coefficient (Wildman–Crippen LogP) is 3.96. The molecule has 7 N–H and O–H groups in total. The molecule has 330 valence electrons. The van der Waals surface area contributed by atoms with E-state index in [1.807, 2.05) is 40.7 Å². The Morgan fingerprint density at radius 3 is 2.29 bits per heavy atom. The molecule has 2 saturated heterocycles. The lowest BCUT2D eigenvalue weighted by Gasteiger charge is -2.49. The highest BCUT2D eigenvalue weighted by Crippen LogP contribution is 2.42. The molecule has 3 aliphatic heterocycles. The van der Waals surface area contributed by atoms with Crippen LogP contribution in [0.4, 0.5) is 4.79 Å². The summed E-state index contributed by atoms with van der Waals surface area (Å²) in [6.45, 7) is 14.3. The maximum absolute atomic E-state index is 13.7. The number of esters is 1. The van der Waals surface area contributed by atoms with E-state index in [4.69, 9.17) is 38.9 Å². The van der Waals surface area contributed by atoms with Crippen molar-refractivity contribution in [2.45, 2.75) is 154 Å². The molecule has 0 saturated carbocycles. The Bertz CT molecular complexity index is 1470. The van der Waals surface area contributed by atoms with Gasteiger partial charge >= 0.3 is 12.1 Å². The number of aliphatic hydroxyl groups excluding tert-OH is 4. The maximum Gasteiger partial charge on any atom is 0.404 e. The number of amides is 1. The highest BCUT2D eigenvalue weighted by atomic mass is 16.7. The van der Waals surface area contributed by atoms with Crippen molar-refractivity contribution in [3.8, 4) is 0 Å². The Balaban J connectivity index is 1.96. The maximum atomic E-state index is 13.7. The van der Waals surface area contributed by atoms with Crippen LogP contribution >= 0.6 is 0 Å². The smallest absolute Gasteiger partial charge is 0.404 e. The minimum atomic E-state index is -1.96. The van der Waals surface area contributed by atoms with E-state index in [1.54, 1.807) is 57.2 Å². The minimum Gasteiger partial charge on any atom is -0.490 e. The monoisotopic (exact) mass is 823 g/mol. The third-order valence-electron chi connectivity index (χ3n) is 11.8. The van der Waals surface area contributed by atoms with Crippen molar-refractivity contribution >= 4 is 12.1 Å². The fourth-order valence-corrected chi connectivity index (χ4v) is 7.85. The van der Waals surface area contributed by atoms with Gasteiger partial charge in [0.25, 0.3) is 0 Å². The minimum absolute atomic E-state index is 0.0301. The molecule has 0 aromatic rings. The van der Waals surface area contributed by atoms with Crippen molar-refractivity contribution in [1.29, 1.82) is 0 Å². The van der Waals surface area contributed by atoms with Crippen LogP contribution in [0.15, 0.2) is 59.9 Å². The van der Waals surface area contributed by atoms with Gasteiger partial charge in [0.05, 0.1) is 49.8 Å². The van der Waals surface area contributed by atoms with Gasteiger partial charge in [0.15, 0.2) is 18.2 Å². The van der Waals surface area contributed by atoms with Crippen molar-refractivity contribution in [2.75, 3.05) is 14.2 Å². The number of aliphatic hydroxyl groups is 5. The molecule has 3 aliphatic rings. The fourth-order valence-electron chi connectivity index (χ4n) is 7.85. The van der Waals surface area contributed by atoms with E-state index in [-0.39, 0.29) is 42.8 Å². The number of carbonyl (C=O) groups excluding carboxylic acids is 2. The van der Waals surface area contributed by atoms with Gasteiger partial charge in [-0.25, -0.2) is 9.59 Å². The topological polar surface area (TPSA) is 226 Å². The predicted molar refractivity (Wildman–Crippen MR) is 214 cm³/mol. The van der Waals surface area contributed by atoms with Crippen LogP contribution in [0.25, 0.3) is 0 Å². The zero-order valence-electron chi connectivity index (χ0n) is 35.7. The van der Waals surface area contributed by atoms with Crippen LogP contribution in [0.2, 0.25) is 0 Å². The summed E-state index contributed by atoms with van der Waals surface area (Å²) in [5.74, 6) is -5.58. The lowest BCUT2D eigenvalue weighted by atomic mass is 9.77. The lowest BCUT2D eigenvalue weighted by molar-refractivity contribution is -0.338. The van der Waals surface area contributed by atoms with Gasteiger partial charge < -0.3 is 64.4 Å². The van der Waals surface area contributed by atoms with Crippen molar-refractivity contribution in [2.24, 2.45) is 35.3 Å². The molecule has 3 heterocycles. The quantitative estimate of drug-likeness (QED) is 0.136. The van der Waals surface area contributed by atoms with Gasteiger partial charge in [-0.3, -0.25) is 0 Å². The molecule has 2 fully saturated rings. The lowest BCUT2D eigenvalue weighted by Crippen LogP contribution is -2.59. The summed E-state index contributed by atoms with van der Waals surface area (Å²) < 4.78 is 41.0. The third kappa shape index (κ3) is 13.2. The molecule has 58 heavy (non-hydrogen) atoms. The summed E-state index contributed by atoms with van der Waals surface area (Å²) in [7, 11) is 2.78. The average molecular weight is 824 g/mol. The van der Waals surface area contributed by atoms with Gasteiger partial charge in [-0.1, -0.05) is 82.7 Å². The van der Waals surface area contributed by atoms with Gasteiger partial charge in [-0.2, -0.15) is 0 Å². The first-order valence-electron chi connectivity index (χ1n) is 20.3. The molecule has 0 radical (unpaired) electrons. The molecular formula is C43H69NO14. The van der Waals surface area contributed by atoms with E-state index < -0.39 is 97.0 Å². The number of primary amides is 1. The Labute approximate surface area is 343 Å². The van der Waals surface area contributed by atoms with Crippen LogP contribution in [0, 0.1) is 29.6 Å². The van der Waals surface area contributed by atoms with Crippen LogP contribution in [-0.2, 0) is 38.0 Å². The molecule has 0 aliphatic carbocycles. The summed E-state index contributed by atoms with van der Waals surface area (Å²) in [4.78, 5) is 25.1. The number of nitrogens with two attached hydrogens (primary N) is 1. The van der Waals surface area contributed by atoms with Crippen LogP contribution in [0.3, 0.4) is 0 Å². The number of rotatable bonds is 10. The second kappa shape index (κ2) is 22.5. The Hall–Kier alpha value is -3.12. The Morgan fingerprint density at radius 2 is 1.69 bits per heavy atom. The zero-order chi connectivity index (χ0) is 43.5. The molecule has 15 nitrogen and oxygen atoms in total. The first-order chi connectivity index (χ1) is 27.3. The third-order valence-corrected chi connectivity index (χ3v) is 11.8. The standard InChI is InChI=1S/C43H69NO14/c1-11-14-33-26(5)36(55-37-21-32(47)40(29(8)54-37)57-42(44)50)22-43(51,58-33)28(7)38(48)27(6)39-34(52-9)17-12-15-23(2)19-25(4)31(46)20-30(45)24(3)16-13-18-35(53-10)41(49)56-39/h11-18,24-34,36-40,45-48,51H,19-22H2,1-10H3,(H2,44,50)/b14-11+,16-13+,17-12+,23-15+,35-18-/t24-,25-,26-,27+,28+,29-,30+,31-,32-,33-,34+,36+,37+,38-,39-,40-,43-/m1/s1. The number of carbonyl (C=O) groups is 2. The largest absolute Gasteiger partial charge is 0.490 e. The SMILES string of the molecule is C/C=C/[C@H]1O[C@@](O)([C@@H](C)[C@H](O)[C@H](C)[C@H]2OC(=O)/C(OC)=C/C=C/[C@@H](C)[C@@H](O)C[C@@H](O)[C@H](C)C/C(C)=C/C=C/[C@@H]2OC)C[C@H](O[C@H]2C[C@@H](O)[C@H](OC(N)=O)[C@@H](C)O2)[C@@H]1C. The zero-order valence-corrected chi connectivity index (χ0v) is 35.7. The van der Waals surface area contributed by atoms with Crippen molar-refractivity contribution in [3.05, 3.63) is 59.9 Å². The first kappa shape index (κ1) is 49.2. The number of cyclic esters (lactones) is 1. The molecule has 0 bridgehead atoms. The van der Waals surface area contributed by atoms with E-state index in [2.05, 4.69) is 0 Å². The van der Waals surface area contributed by atoms with E-state index in [0.717, 1.165) is 5.57 Å². The van der Waals surface area contributed by atoms with Gasteiger partial charge in [0, 0.05) is 50.0 Å². The van der Waals surface area contributed by atoms with Crippen molar-refractivity contribution < 1.29 is 68.3 Å². The van der Waals surface area contributed by atoms with Crippen LogP contribution in [-0.4, -0.2) is 125 Å². The van der Waals surface area contributed by atoms with E-state index >= 15 is 0 Å². The Kier molecular flexibility index (Phi) is 19.1. The molecule has 1 amide bonds. The molecular weight excluding hydrogens is 754 g/mol. The average Bonchev–Trinajstić information content (AvgIpc) is 3.16. The number of hydrogen-bond donors (Lipinski definition) is 6. The van der Waals surface area contributed by atoms with Gasteiger partial charge in [-0.05, 0) is 39.2 Å². The summed E-state index contributed by atoms with van der Waals surface area (Å²) >= 11 is 0. The molecule has 0 spiro atoms. The van der Waals surface area contributed by atoms with Crippen LogP contribution in [0.1, 0.15) is 81.1 Å². The van der Waals surface area contributed by atoms with Crippen molar-refractivity contribution in [1.82, 2.24) is 0 Å². The summed E-state index contributed by atoms with van der Waals surface area (Å²) in [6, 6.07) is 0. The first-order valence-corrected chi connectivity index (χ1v) is 20.3. The number of allylic oxidation sites excluding steroid dienone is 6. The molecule has 15 heteroatoms. The Morgan fingerprint density at radius 1 is 1.02 bits per heavy atom. The summed E-state index contributed by atoms with van der Waals surface area (Å²) in [5.41, 5.74) is 6.14. The van der Waals surface area contributed by atoms with E-state index in [9.17, 15) is 35.1 Å². The number of ether oxygens (including phenoxy) is 7. The summed E-state index contributed by atoms with van der Waals surface area (Å²) in [5, 5.41) is 56.7. The van der Waals surface area contributed by atoms with E-state index in [0.29, 0.717) is 6.42 Å². The molecule has 3 rings (SSSR count). The molecule has 0 aromatic heterocycles. The summed E-state index contributed by atoms with van der Waals surface area (Å²) in [6.07, 6.45) is 3.21. The van der Waals surface area contributed by atoms with E-state index in [1.165, 1.54) is 20.3 Å². The highest BCUT2D eigenvalue weighted by Gasteiger charge is 2.52. The normalized spacial score (nSPS) is 41.9. The number of methoxy groups -OCH3 is 2. The van der Waals surface area contributed by atoms with Crippen LogP contribution < -0.4 is 5.73 Å². The molecule has 17 atom stereocenters. The molecule has 0 aromatic carbocycles. The second-order valence-electron chi connectivity index (χ2n) is 16.3. The molecule has 0 unspecified atom stereocenters. The second-order valence-corrected chi connectivity index (χ2v) is 16.3. The van der Waals surface area contributed by atoms with Gasteiger partial charge in [-0.15, -0.1) is 0 Å².